The molecule has 0 spiro atoms. The van der Waals surface area contributed by atoms with Gasteiger partial charge < -0.3 is 25.3 Å². The summed E-state index contributed by atoms with van der Waals surface area (Å²) in [6.45, 7) is 5.73. The highest BCUT2D eigenvalue weighted by molar-refractivity contribution is 7.16. The third-order valence-corrected chi connectivity index (χ3v) is 6.06. The number of thiazole rings is 1. The van der Waals surface area contributed by atoms with Crippen LogP contribution in [0.25, 0.3) is 10.2 Å². The molecule has 3 rings (SSSR count). The number of phenols is 1. The number of benzene rings is 2. The lowest BCUT2D eigenvalue weighted by Gasteiger charge is -2.21. The summed E-state index contributed by atoms with van der Waals surface area (Å²) in [4.78, 5) is 16.3. The zero-order valence-electron chi connectivity index (χ0n) is 18.9. The Morgan fingerprint density at radius 2 is 1.97 bits per heavy atom. The Morgan fingerprint density at radius 1 is 1.21 bits per heavy atom. The van der Waals surface area contributed by atoms with Crippen LogP contribution in [-0.2, 0) is 17.7 Å². The third kappa shape index (κ3) is 8.26. The molecule has 0 aliphatic heterocycles. The van der Waals surface area contributed by atoms with Crippen LogP contribution < -0.4 is 10.2 Å². The van der Waals surface area contributed by atoms with Gasteiger partial charge in [-0.25, -0.2) is 0 Å². The number of aliphatic hydroxyl groups excluding tert-OH is 1. The van der Waals surface area contributed by atoms with E-state index in [1.54, 1.807) is 13.2 Å². The number of nitrogens with zero attached hydrogens (tertiary/aromatic N) is 1. The number of aromatic nitrogens is 1. The molecule has 0 aliphatic carbocycles. The van der Waals surface area contributed by atoms with Crippen molar-refractivity contribution in [1.82, 2.24) is 15.2 Å². The average Bonchev–Trinajstić information content (AvgIpc) is 3.14. The van der Waals surface area contributed by atoms with E-state index in [2.05, 4.69) is 46.4 Å². The van der Waals surface area contributed by atoms with Crippen LogP contribution in [0.4, 0.5) is 0 Å². The summed E-state index contributed by atoms with van der Waals surface area (Å²) in [6.07, 6.45) is 1.17. The Labute approximate surface area is 210 Å². The predicted molar refractivity (Wildman–Crippen MR) is 139 cm³/mol. The van der Waals surface area contributed by atoms with Crippen LogP contribution >= 0.6 is 36.2 Å². The zero-order valence-corrected chi connectivity index (χ0v) is 21.3. The molecule has 1 heterocycles. The Balaban J connectivity index is 0.00000272. The van der Waals surface area contributed by atoms with E-state index in [9.17, 15) is 15.0 Å². The van der Waals surface area contributed by atoms with Gasteiger partial charge in [0.05, 0.1) is 17.5 Å². The van der Waals surface area contributed by atoms with Crippen molar-refractivity contribution < 1.29 is 14.9 Å². The number of ether oxygens (including phenoxy) is 1. The highest BCUT2D eigenvalue weighted by Gasteiger charge is 2.16. The second kappa shape index (κ2) is 14.6. The number of fused-ring (bicyclic) bond motifs is 1. The number of aromatic amines is 1. The third-order valence-electron chi connectivity index (χ3n) is 5.12. The number of H-pyrrole nitrogens is 1. The van der Waals surface area contributed by atoms with Gasteiger partial charge in [0.15, 0.2) is 0 Å². The van der Waals surface area contributed by atoms with Gasteiger partial charge in [-0.1, -0.05) is 48.6 Å². The fourth-order valence-corrected chi connectivity index (χ4v) is 4.63. The van der Waals surface area contributed by atoms with E-state index in [4.69, 9.17) is 4.74 Å². The number of aliphatic hydroxyl groups is 1. The molecule has 4 N–H and O–H groups in total. The molecule has 0 saturated carbocycles. The second-order valence-electron chi connectivity index (χ2n) is 7.65. The second-order valence-corrected chi connectivity index (χ2v) is 8.64. The summed E-state index contributed by atoms with van der Waals surface area (Å²) in [5, 5.41) is 23.8. The lowest BCUT2D eigenvalue weighted by Crippen LogP contribution is -2.26. The first-order chi connectivity index (χ1) is 15.0. The molecule has 184 valence electrons. The first-order valence-corrected chi connectivity index (χ1v) is 11.4. The smallest absolute Gasteiger partial charge is 0.305 e. The molecule has 0 radical (unpaired) electrons. The van der Waals surface area contributed by atoms with E-state index in [1.807, 2.05) is 0 Å². The lowest BCUT2D eigenvalue weighted by molar-refractivity contribution is 0.0579. The number of nitrogens with one attached hydrogen (secondary N) is 2. The Morgan fingerprint density at radius 3 is 2.70 bits per heavy atom. The lowest BCUT2D eigenvalue weighted by atomic mass is 10.1. The van der Waals surface area contributed by atoms with Crippen LogP contribution in [-0.4, -0.2) is 53.6 Å². The van der Waals surface area contributed by atoms with Crippen LogP contribution in [0, 0.1) is 0 Å². The fourth-order valence-electron chi connectivity index (χ4n) is 3.71. The predicted octanol–water partition coefficient (Wildman–Crippen LogP) is 3.82. The molecule has 0 aliphatic rings. The maximum absolute atomic E-state index is 11.6. The van der Waals surface area contributed by atoms with Crippen molar-refractivity contribution in [2.45, 2.75) is 32.4 Å². The van der Waals surface area contributed by atoms with Gasteiger partial charge in [0, 0.05) is 32.3 Å². The van der Waals surface area contributed by atoms with Crippen LogP contribution in [0.5, 0.6) is 5.75 Å². The van der Waals surface area contributed by atoms with E-state index in [0.717, 1.165) is 43.8 Å². The van der Waals surface area contributed by atoms with E-state index in [-0.39, 0.29) is 35.4 Å². The van der Waals surface area contributed by atoms with E-state index < -0.39 is 6.10 Å². The molecule has 0 amide bonds. The largest absolute Gasteiger partial charge is 0.506 e. The SMILES string of the molecule is CCCN(COC)Cc1cccc(CCNCC(O)c2ccc(O)c3[nH]c(=O)sc23)c1.Cl.Cl. The summed E-state index contributed by atoms with van der Waals surface area (Å²) in [7, 11) is 1.72. The summed E-state index contributed by atoms with van der Waals surface area (Å²) in [6, 6.07) is 11.7. The van der Waals surface area contributed by atoms with Crippen molar-refractivity contribution in [2.75, 3.05) is 33.5 Å². The number of aromatic hydroxyl groups is 1. The van der Waals surface area contributed by atoms with Crippen LogP contribution in [0.1, 0.15) is 36.1 Å². The maximum atomic E-state index is 11.6. The average molecular weight is 519 g/mol. The molecule has 0 fully saturated rings. The van der Waals surface area contributed by atoms with Gasteiger partial charge in [0.2, 0.25) is 0 Å². The normalized spacial score (nSPS) is 11.9. The Kier molecular flexibility index (Phi) is 13.0. The summed E-state index contributed by atoms with van der Waals surface area (Å²) >= 11 is 0.999. The quantitative estimate of drug-likeness (QED) is 0.215. The summed E-state index contributed by atoms with van der Waals surface area (Å²) in [5.74, 6) is 0.0140. The Bertz CT molecular complexity index is 1040. The number of hydrogen-bond acceptors (Lipinski definition) is 7. The standard InChI is InChI=1S/C23H31N3O4S.2ClH/c1-3-11-26(15-30-2)14-17-6-4-5-16(12-17)9-10-24-13-20(28)18-7-8-19(27)21-22(18)31-23(29)25-21;;/h4-8,12,20,24,27-28H,3,9-11,13-15H2,1-2H3,(H,25,29);2*1H. The fraction of sp³-hybridized carbons (Fsp3) is 0.435. The van der Waals surface area contributed by atoms with E-state index in [0.29, 0.717) is 29.1 Å². The van der Waals surface area contributed by atoms with Gasteiger partial charge >= 0.3 is 4.87 Å². The number of hydrogen-bond donors (Lipinski definition) is 4. The molecule has 0 saturated heterocycles. The Hall–Kier alpha value is -1.65. The highest BCUT2D eigenvalue weighted by Crippen LogP contribution is 2.31. The molecule has 10 heteroatoms. The molecule has 3 aromatic rings. The summed E-state index contributed by atoms with van der Waals surface area (Å²) < 4.78 is 5.89. The van der Waals surface area contributed by atoms with Gasteiger partial charge in [-0.15, -0.1) is 24.8 Å². The number of rotatable bonds is 12. The highest BCUT2D eigenvalue weighted by atomic mass is 35.5. The van der Waals surface area contributed by atoms with Crippen molar-refractivity contribution >= 4 is 46.4 Å². The van der Waals surface area contributed by atoms with Crippen molar-refractivity contribution in [1.29, 1.82) is 0 Å². The minimum absolute atomic E-state index is 0. The molecule has 1 aromatic heterocycles. The number of methoxy groups -OCH3 is 1. The van der Waals surface area contributed by atoms with E-state index >= 15 is 0 Å². The molecular formula is C23H33Cl2N3O4S. The topological polar surface area (TPSA) is 97.8 Å². The van der Waals surface area contributed by atoms with Crippen LogP contribution in [0.3, 0.4) is 0 Å². The molecular weight excluding hydrogens is 485 g/mol. The van der Waals surface area contributed by atoms with Gasteiger partial charge in [0.1, 0.15) is 11.3 Å². The minimum atomic E-state index is -0.766. The van der Waals surface area contributed by atoms with Crippen LogP contribution in [0.2, 0.25) is 0 Å². The van der Waals surface area contributed by atoms with Gasteiger partial charge in [0.25, 0.3) is 0 Å². The van der Waals surface area contributed by atoms with Crippen molar-refractivity contribution in [2.24, 2.45) is 0 Å². The molecule has 1 unspecified atom stereocenters. The number of phenolic OH excluding ortho intramolecular Hbond substituents is 1. The molecule has 2 aromatic carbocycles. The molecule has 7 nitrogen and oxygen atoms in total. The van der Waals surface area contributed by atoms with Gasteiger partial charge in [-0.3, -0.25) is 9.69 Å². The number of halogens is 2. The first kappa shape index (κ1) is 29.4. The molecule has 0 bridgehead atoms. The van der Waals surface area contributed by atoms with Crippen LogP contribution in [0.15, 0.2) is 41.2 Å². The van der Waals surface area contributed by atoms with Gasteiger partial charge in [-0.2, -0.15) is 0 Å². The summed E-state index contributed by atoms with van der Waals surface area (Å²) in [5.41, 5.74) is 3.52. The van der Waals surface area contributed by atoms with E-state index in [1.165, 1.54) is 17.2 Å². The van der Waals surface area contributed by atoms with Crippen molar-refractivity contribution in [3.63, 3.8) is 0 Å². The monoisotopic (exact) mass is 517 g/mol. The van der Waals surface area contributed by atoms with Crippen molar-refractivity contribution in [3.8, 4) is 5.75 Å². The van der Waals surface area contributed by atoms with Crippen molar-refractivity contribution in [3.05, 3.63) is 62.8 Å². The van der Waals surface area contributed by atoms with Gasteiger partial charge in [-0.05, 0) is 36.6 Å². The maximum Gasteiger partial charge on any atom is 0.305 e. The minimum Gasteiger partial charge on any atom is -0.506 e. The molecule has 33 heavy (non-hydrogen) atoms. The molecule has 1 atom stereocenters. The first-order valence-electron chi connectivity index (χ1n) is 10.5. The zero-order chi connectivity index (χ0) is 22.2.